The van der Waals surface area contributed by atoms with Crippen LogP contribution in [0.3, 0.4) is 0 Å². The maximum absolute atomic E-state index is 14.1. The summed E-state index contributed by atoms with van der Waals surface area (Å²) in [5, 5.41) is 11.2. The molecule has 0 aliphatic heterocycles. The minimum Gasteiger partial charge on any atom is -0.444 e. The van der Waals surface area contributed by atoms with E-state index in [1.54, 1.807) is 46.4 Å². The number of carbonyl (C=O) groups excluding carboxylic acids is 4. The molecule has 0 aromatic heterocycles. The summed E-state index contributed by atoms with van der Waals surface area (Å²) in [5.41, 5.74) is 2.28. The first kappa shape index (κ1) is 38.4. The van der Waals surface area contributed by atoms with Crippen molar-refractivity contribution in [2.45, 2.75) is 78.0 Å². The molecule has 4 N–H and O–H groups in total. The van der Waals surface area contributed by atoms with Crippen molar-refractivity contribution in [3.63, 3.8) is 0 Å². The molecule has 1 atom stereocenters. The molecule has 0 bridgehead atoms. The SMILES string of the molecule is CC(C)(C)OC(=O)NCCCN(CCCNC(=O)OC(C)(C)C)C(=O)[C@H](Cc1ccccc1)NC(=O)Nc1ccc(-c2ccccc2)cc1. The first-order valence-corrected chi connectivity index (χ1v) is 16.7. The van der Waals surface area contributed by atoms with Crippen LogP contribution in [0.4, 0.5) is 20.1 Å². The molecule has 0 aliphatic rings. The Morgan fingerprint density at radius 1 is 0.653 bits per heavy atom. The van der Waals surface area contributed by atoms with Crippen LogP contribution in [-0.2, 0) is 20.7 Å². The van der Waals surface area contributed by atoms with E-state index in [4.69, 9.17) is 9.47 Å². The molecule has 0 heterocycles. The van der Waals surface area contributed by atoms with Crippen LogP contribution in [-0.4, -0.2) is 72.4 Å². The van der Waals surface area contributed by atoms with Gasteiger partial charge in [-0.25, -0.2) is 14.4 Å². The molecule has 11 heteroatoms. The molecular weight excluding hydrogens is 622 g/mol. The standard InChI is InChI=1S/C38H51N5O6/c1-37(2,3)48-35(46)39-23-13-25-43(26-14-24-40-36(47)49-38(4,5)6)33(44)32(27-28-15-9-7-10-16-28)42-34(45)41-31-21-19-30(20-22-31)29-17-11-8-12-18-29/h7-12,15-22,32H,13-14,23-27H2,1-6H3,(H,39,46)(H,40,47)(H2,41,42,45)/t32-/m0/s1. The second-order valence-electron chi connectivity index (χ2n) is 13.7. The molecule has 0 radical (unpaired) electrons. The zero-order valence-electron chi connectivity index (χ0n) is 29.5. The minimum absolute atomic E-state index is 0.267. The number of rotatable bonds is 14. The van der Waals surface area contributed by atoms with E-state index in [2.05, 4.69) is 21.3 Å². The van der Waals surface area contributed by atoms with Gasteiger partial charge in [-0.1, -0.05) is 72.8 Å². The van der Waals surface area contributed by atoms with Crippen molar-refractivity contribution in [2.75, 3.05) is 31.5 Å². The van der Waals surface area contributed by atoms with Gasteiger partial charge in [-0.2, -0.15) is 0 Å². The summed E-state index contributed by atoms with van der Waals surface area (Å²) in [7, 11) is 0. The fraction of sp³-hybridized carbons (Fsp3) is 0.421. The molecule has 264 valence electrons. The van der Waals surface area contributed by atoms with Gasteiger partial charge in [-0.3, -0.25) is 4.79 Å². The smallest absolute Gasteiger partial charge is 0.407 e. The predicted octanol–water partition coefficient (Wildman–Crippen LogP) is 6.74. The molecule has 0 aliphatic carbocycles. The number of amides is 5. The van der Waals surface area contributed by atoms with E-state index in [0.29, 0.717) is 31.6 Å². The third kappa shape index (κ3) is 15.1. The maximum atomic E-state index is 14.1. The molecule has 3 rings (SSSR count). The number of nitrogens with one attached hydrogen (secondary N) is 4. The molecule has 3 aromatic carbocycles. The van der Waals surface area contributed by atoms with Crippen LogP contribution < -0.4 is 21.3 Å². The highest BCUT2D eigenvalue weighted by molar-refractivity contribution is 5.94. The van der Waals surface area contributed by atoms with Gasteiger partial charge in [-0.05, 0) is 83.2 Å². The van der Waals surface area contributed by atoms with E-state index in [1.165, 1.54) is 0 Å². The number of alkyl carbamates (subject to hydrolysis) is 2. The molecule has 11 nitrogen and oxygen atoms in total. The van der Waals surface area contributed by atoms with Crippen LogP contribution in [0, 0.1) is 0 Å². The number of anilines is 1. The van der Waals surface area contributed by atoms with Crippen LogP contribution in [0.5, 0.6) is 0 Å². The number of benzene rings is 3. The summed E-state index contributed by atoms with van der Waals surface area (Å²) >= 11 is 0. The quantitative estimate of drug-likeness (QED) is 0.140. The van der Waals surface area contributed by atoms with Crippen LogP contribution in [0.2, 0.25) is 0 Å². The van der Waals surface area contributed by atoms with Crippen molar-refractivity contribution in [1.82, 2.24) is 20.9 Å². The second-order valence-corrected chi connectivity index (χ2v) is 13.7. The number of urea groups is 1. The third-order valence-corrected chi connectivity index (χ3v) is 6.99. The highest BCUT2D eigenvalue weighted by Crippen LogP contribution is 2.21. The van der Waals surface area contributed by atoms with Gasteiger partial charge in [0.05, 0.1) is 0 Å². The molecule has 3 aromatic rings. The monoisotopic (exact) mass is 673 g/mol. The normalized spacial score (nSPS) is 11.9. The Morgan fingerprint density at radius 2 is 1.12 bits per heavy atom. The Morgan fingerprint density at radius 3 is 1.61 bits per heavy atom. The van der Waals surface area contributed by atoms with Gasteiger partial charge < -0.3 is 35.6 Å². The van der Waals surface area contributed by atoms with E-state index < -0.39 is 35.5 Å². The molecule has 0 saturated carbocycles. The third-order valence-electron chi connectivity index (χ3n) is 6.99. The number of hydrogen-bond donors (Lipinski definition) is 4. The maximum Gasteiger partial charge on any atom is 0.407 e. The molecule has 0 fully saturated rings. The number of nitrogens with zero attached hydrogens (tertiary/aromatic N) is 1. The van der Waals surface area contributed by atoms with Crippen molar-refractivity contribution in [1.29, 1.82) is 0 Å². The van der Waals surface area contributed by atoms with Crippen LogP contribution in [0.15, 0.2) is 84.9 Å². The Bertz CT molecular complexity index is 1450. The second kappa shape index (κ2) is 18.5. The summed E-state index contributed by atoms with van der Waals surface area (Å²) in [5.74, 6) is -0.284. The Hall–Kier alpha value is -5.06. The largest absolute Gasteiger partial charge is 0.444 e. The zero-order valence-corrected chi connectivity index (χ0v) is 29.5. The van der Waals surface area contributed by atoms with Gasteiger partial charge >= 0.3 is 18.2 Å². The van der Waals surface area contributed by atoms with E-state index in [9.17, 15) is 19.2 Å². The first-order valence-electron chi connectivity index (χ1n) is 16.7. The molecule has 5 amide bonds. The summed E-state index contributed by atoms with van der Waals surface area (Å²) in [6, 6.07) is 25.5. The lowest BCUT2D eigenvalue weighted by Crippen LogP contribution is -2.51. The van der Waals surface area contributed by atoms with E-state index in [0.717, 1.165) is 16.7 Å². The van der Waals surface area contributed by atoms with E-state index >= 15 is 0 Å². The molecule has 0 spiro atoms. The van der Waals surface area contributed by atoms with Crippen molar-refractivity contribution < 1.29 is 28.7 Å². The summed E-state index contributed by atoms with van der Waals surface area (Å²) in [6.07, 6.45) is 0.0847. The number of ether oxygens (including phenoxy) is 2. The Kier molecular flexibility index (Phi) is 14.5. The molecule has 0 unspecified atom stereocenters. The van der Waals surface area contributed by atoms with Gasteiger partial charge in [0.1, 0.15) is 17.2 Å². The molecule has 0 saturated heterocycles. The van der Waals surface area contributed by atoms with Crippen LogP contribution >= 0.6 is 0 Å². The lowest BCUT2D eigenvalue weighted by atomic mass is 10.0. The Balaban J connectivity index is 1.71. The van der Waals surface area contributed by atoms with Gasteiger partial charge in [0.15, 0.2) is 0 Å². The summed E-state index contributed by atoms with van der Waals surface area (Å²) in [6.45, 7) is 11.9. The topological polar surface area (TPSA) is 138 Å². The van der Waals surface area contributed by atoms with Gasteiger partial charge in [0.25, 0.3) is 0 Å². The lowest BCUT2D eigenvalue weighted by Gasteiger charge is -2.29. The van der Waals surface area contributed by atoms with Crippen molar-refractivity contribution in [2.24, 2.45) is 0 Å². The van der Waals surface area contributed by atoms with Crippen LogP contribution in [0.1, 0.15) is 59.9 Å². The van der Waals surface area contributed by atoms with Crippen molar-refractivity contribution in [3.05, 3.63) is 90.5 Å². The number of carbonyl (C=O) groups is 4. The van der Waals surface area contributed by atoms with Crippen LogP contribution in [0.25, 0.3) is 11.1 Å². The highest BCUT2D eigenvalue weighted by atomic mass is 16.6. The van der Waals surface area contributed by atoms with Gasteiger partial charge in [-0.15, -0.1) is 0 Å². The van der Waals surface area contributed by atoms with Crippen molar-refractivity contribution in [3.8, 4) is 11.1 Å². The van der Waals surface area contributed by atoms with Gasteiger partial charge in [0, 0.05) is 38.3 Å². The average molecular weight is 674 g/mol. The van der Waals surface area contributed by atoms with E-state index in [1.807, 2.05) is 84.9 Å². The fourth-order valence-electron chi connectivity index (χ4n) is 4.85. The summed E-state index contributed by atoms with van der Waals surface area (Å²) < 4.78 is 10.6. The average Bonchev–Trinajstić information content (AvgIpc) is 3.03. The summed E-state index contributed by atoms with van der Waals surface area (Å²) in [4.78, 5) is 53.4. The predicted molar refractivity (Wildman–Crippen MR) is 192 cm³/mol. The first-order chi connectivity index (χ1) is 23.2. The highest BCUT2D eigenvalue weighted by Gasteiger charge is 2.27. The minimum atomic E-state index is -0.886. The molecule has 49 heavy (non-hydrogen) atoms. The van der Waals surface area contributed by atoms with E-state index in [-0.39, 0.29) is 25.4 Å². The van der Waals surface area contributed by atoms with Crippen molar-refractivity contribution >= 4 is 29.8 Å². The Labute approximate surface area is 290 Å². The number of hydrogen-bond acceptors (Lipinski definition) is 6. The zero-order chi connectivity index (χ0) is 35.9. The lowest BCUT2D eigenvalue weighted by molar-refractivity contribution is -0.133. The fourth-order valence-corrected chi connectivity index (χ4v) is 4.85. The molecular formula is C38H51N5O6. The van der Waals surface area contributed by atoms with Gasteiger partial charge in [0.2, 0.25) is 5.91 Å².